The van der Waals surface area contributed by atoms with Gasteiger partial charge in [-0.3, -0.25) is 24.5 Å². The first-order valence-electron chi connectivity index (χ1n) is 9.55. The summed E-state index contributed by atoms with van der Waals surface area (Å²) in [5.41, 5.74) is 5.02. The predicted octanol–water partition coefficient (Wildman–Crippen LogP) is 2.12. The normalized spacial score (nSPS) is 12.5. The summed E-state index contributed by atoms with van der Waals surface area (Å²) in [5.74, 6) is -5.53. The zero-order chi connectivity index (χ0) is 23.8. The van der Waals surface area contributed by atoms with Crippen molar-refractivity contribution in [2.45, 2.75) is 31.7 Å². The largest absolute Gasteiger partial charge is 0.466 e. The summed E-state index contributed by atoms with van der Waals surface area (Å²) in [6, 6.07) is 6.63. The van der Waals surface area contributed by atoms with Gasteiger partial charge in [0.25, 0.3) is 5.69 Å². The summed E-state index contributed by atoms with van der Waals surface area (Å²) < 4.78 is 32.6. The molecule has 2 aromatic rings. The average molecular weight is 449 g/mol. The summed E-state index contributed by atoms with van der Waals surface area (Å²) in [7, 11) is 0. The molecule has 2 aromatic carbocycles. The molecule has 0 heterocycles. The second kappa shape index (κ2) is 10.9. The number of carbonyl (C=O) groups is 3. The Hall–Kier alpha value is -3.89. The van der Waals surface area contributed by atoms with Crippen LogP contribution in [-0.4, -0.2) is 35.4 Å². The lowest BCUT2D eigenvalue weighted by atomic mass is 9.87. The molecule has 0 spiro atoms. The minimum atomic E-state index is -1.46. The SMILES string of the molecule is CCOC(=O)C[C@H](c1ccc([N+](=O)[O-])cc1)[C@@H](NC(=O)Cc1c(F)cccc1F)C(N)=O. The van der Waals surface area contributed by atoms with E-state index in [-0.39, 0.29) is 18.7 Å². The second-order valence-corrected chi connectivity index (χ2v) is 6.79. The number of nitrogens with zero attached hydrogens (tertiary/aromatic N) is 1. The Bertz CT molecular complexity index is 993. The van der Waals surface area contributed by atoms with Gasteiger partial charge in [-0.1, -0.05) is 18.2 Å². The molecule has 0 unspecified atom stereocenters. The van der Waals surface area contributed by atoms with Gasteiger partial charge in [0.1, 0.15) is 17.7 Å². The third-order valence-corrected chi connectivity index (χ3v) is 4.65. The first kappa shape index (κ1) is 24.4. The van der Waals surface area contributed by atoms with Crippen molar-refractivity contribution < 1.29 is 32.8 Å². The van der Waals surface area contributed by atoms with E-state index in [1.807, 2.05) is 0 Å². The van der Waals surface area contributed by atoms with Gasteiger partial charge in [-0.25, -0.2) is 8.78 Å². The molecule has 170 valence electrons. The Balaban J connectivity index is 2.33. The maximum Gasteiger partial charge on any atom is 0.306 e. The van der Waals surface area contributed by atoms with Crippen LogP contribution in [0.3, 0.4) is 0 Å². The number of benzene rings is 2. The van der Waals surface area contributed by atoms with Crippen LogP contribution in [0.15, 0.2) is 42.5 Å². The molecule has 2 amide bonds. The molecular weight excluding hydrogens is 428 g/mol. The van der Waals surface area contributed by atoms with Crippen molar-refractivity contribution in [3.8, 4) is 0 Å². The number of non-ortho nitro benzene ring substituents is 1. The standard InChI is InChI=1S/C21H21F2N3O6/c1-2-32-19(28)11-14(12-6-8-13(9-7-12)26(30)31)20(21(24)29)25-18(27)10-15-16(22)4-3-5-17(15)23/h3-9,14,20H,2,10-11H2,1H3,(H2,24,29)(H,25,27)/t14-,20-/m1/s1. The maximum absolute atomic E-state index is 13.9. The van der Waals surface area contributed by atoms with Crippen LogP contribution in [0.25, 0.3) is 0 Å². The number of nitro benzene ring substituents is 1. The summed E-state index contributed by atoms with van der Waals surface area (Å²) in [4.78, 5) is 47.0. The monoisotopic (exact) mass is 449 g/mol. The Morgan fingerprint density at radius 3 is 2.22 bits per heavy atom. The lowest BCUT2D eigenvalue weighted by Gasteiger charge is -2.25. The van der Waals surface area contributed by atoms with Crippen molar-refractivity contribution >= 4 is 23.5 Å². The van der Waals surface area contributed by atoms with Crippen LogP contribution in [0.2, 0.25) is 0 Å². The molecule has 0 fully saturated rings. The number of rotatable bonds is 10. The molecule has 2 atom stereocenters. The van der Waals surface area contributed by atoms with Crippen molar-refractivity contribution in [3.63, 3.8) is 0 Å². The van der Waals surface area contributed by atoms with Gasteiger partial charge in [0.05, 0.1) is 24.4 Å². The minimum Gasteiger partial charge on any atom is -0.466 e. The topological polar surface area (TPSA) is 142 Å². The fraction of sp³-hybridized carbons (Fsp3) is 0.286. The summed E-state index contributed by atoms with van der Waals surface area (Å²) in [5, 5.41) is 13.2. The molecule has 0 aliphatic rings. The predicted molar refractivity (Wildman–Crippen MR) is 108 cm³/mol. The highest BCUT2D eigenvalue weighted by Gasteiger charge is 2.32. The molecule has 0 aliphatic heterocycles. The van der Waals surface area contributed by atoms with Crippen molar-refractivity contribution in [3.05, 3.63) is 75.3 Å². The highest BCUT2D eigenvalue weighted by atomic mass is 19.1. The smallest absolute Gasteiger partial charge is 0.306 e. The fourth-order valence-corrected chi connectivity index (χ4v) is 3.13. The van der Waals surface area contributed by atoms with E-state index in [9.17, 15) is 33.3 Å². The van der Waals surface area contributed by atoms with Crippen LogP contribution in [-0.2, 0) is 25.5 Å². The molecule has 0 aromatic heterocycles. The Morgan fingerprint density at radius 2 is 1.72 bits per heavy atom. The number of primary amides is 1. The molecule has 0 aliphatic carbocycles. The lowest BCUT2D eigenvalue weighted by molar-refractivity contribution is -0.384. The summed E-state index contributed by atoms with van der Waals surface area (Å²) >= 11 is 0. The number of hydrogen-bond acceptors (Lipinski definition) is 6. The van der Waals surface area contributed by atoms with E-state index in [1.54, 1.807) is 6.92 Å². The molecule has 11 heteroatoms. The van der Waals surface area contributed by atoms with Crippen molar-refractivity contribution in [2.24, 2.45) is 5.73 Å². The molecule has 9 nitrogen and oxygen atoms in total. The molecule has 2 rings (SSSR count). The van der Waals surface area contributed by atoms with E-state index in [0.29, 0.717) is 5.56 Å². The van der Waals surface area contributed by atoms with Gasteiger partial charge in [0, 0.05) is 23.6 Å². The molecule has 0 saturated heterocycles. The third-order valence-electron chi connectivity index (χ3n) is 4.65. The maximum atomic E-state index is 13.9. The quantitative estimate of drug-likeness (QED) is 0.323. The zero-order valence-corrected chi connectivity index (χ0v) is 17.0. The van der Waals surface area contributed by atoms with Crippen molar-refractivity contribution in [2.75, 3.05) is 6.61 Å². The molecule has 0 saturated carbocycles. The number of nitrogens with two attached hydrogens (primary N) is 1. The van der Waals surface area contributed by atoms with Crippen LogP contribution in [0.4, 0.5) is 14.5 Å². The number of ether oxygens (including phenoxy) is 1. The first-order chi connectivity index (χ1) is 15.1. The summed E-state index contributed by atoms with van der Waals surface area (Å²) in [6.45, 7) is 1.64. The van der Waals surface area contributed by atoms with E-state index >= 15 is 0 Å². The van der Waals surface area contributed by atoms with Gasteiger partial charge in [-0.2, -0.15) is 0 Å². The van der Waals surface area contributed by atoms with Crippen LogP contribution in [0.5, 0.6) is 0 Å². The molecular formula is C21H21F2N3O6. The van der Waals surface area contributed by atoms with Crippen LogP contribution in [0.1, 0.15) is 30.4 Å². The van der Waals surface area contributed by atoms with Gasteiger partial charge in [0.2, 0.25) is 11.8 Å². The van der Waals surface area contributed by atoms with Gasteiger partial charge in [0.15, 0.2) is 0 Å². The van der Waals surface area contributed by atoms with Crippen LogP contribution < -0.4 is 11.1 Å². The van der Waals surface area contributed by atoms with Crippen LogP contribution >= 0.6 is 0 Å². The highest BCUT2D eigenvalue weighted by Crippen LogP contribution is 2.27. The number of esters is 1. The Morgan fingerprint density at radius 1 is 1.12 bits per heavy atom. The van der Waals surface area contributed by atoms with Crippen LogP contribution in [0, 0.1) is 21.7 Å². The Labute approximate surface area is 181 Å². The Kier molecular flexibility index (Phi) is 8.33. The number of carbonyl (C=O) groups excluding carboxylic acids is 3. The van der Waals surface area contributed by atoms with Gasteiger partial charge >= 0.3 is 5.97 Å². The van der Waals surface area contributed by atoms with E-state index in [4.69, 9.17) is 10.5 Å². The van der Waals surface area contributed by atoms with E-state index in [0.717, 1.165) is 18.2 Å². The lowest BCUT2D eigenvalue weighted by Crippen LogP contribution is -2.49. The number of nitrogens with one attached hydrogen (secondary N) is 1. The number of nitro groups is 1. The van der Waals surface area contributed by atoms with E-state index in [2.05, 4.69) is 5.32 Å². The second-order valence-electron chi connectivity index (χ2n) is 6.79. The van der Waals surface area contributed by atoms with Crippen molar-refractivity contribution in [1.82, 2.24) is 5.32 Å². The van der Waals surface area contributed by atoms with Gasteiger partial charge in [-0.15, -0.1) is 0 Å². The minimum absolute atomic E-state index is 0.0615. The number of halogens is 2. The molecule has 32 heavy (non-hydrogen) atoms. The molecule has 3 N–H and O–H groups in total. The third kappa shape index (κ3) is 6.30. The van der Waals surface area contributed by atoms with Gasteiger partial charge < -0.3 is 15.8 Å². The summed E-state index contributed by atoms with van der Waals surface area (Å²) in [6.07, 6.45) is -1.09. The number of amides is 2. The zero-order valence-electron chi connectivity index (χ0n) is 17.0. The molecule has 0 radical (unpaired) electrons. The van der Waals surface area contributed by atoms with Crippen molar-refractivity contribution in [1.29, 1.82) is 0 Å². The van der Waals surface area contributed by atoms with E-state index in [1.165, 1.54) is 24.3 Å². The fourth-order valence-electron chi connectivity index (χ4n) is 3.13. The first-order valence-corrected chi connectivity index (χ1v) is 9.55. The molecule has 0 bridgehead atoms. The number of hydrogen-bond donors (Lipinski definition) is 2. The highest BCUT2D eigenvalue weighted by molar-refractivity contribution is 5.89. The average Bonchev–Trinajstić information content (AvgIpc) is 2.73. The van der Waals surface area contributed by atoms with E-state index < -0.39 is 58.3 Å². The van der Waals surface area contributed by atoms with Gasteiger partial charge in [-0.05, 0) is 24.6 Å².